The van der Waals surface area contributed by atoms with Crippen molar-refractivity contribution in [3.8, 4) is 0 Å². The summed E-state index contributed by atoms with van der Waals surface area (Å²) in [5.74, 6) is 1.05. The highest BCUT2D eigenvalue weighted by molar-refractivity contribution is 5.82. The van der Waals surface area contributed by atoms with E-state index in [1.165, 1.54) is 10.9 Å². The summed E-state index contributed by atoms with van der Waals surface area (Å²) >= 11 is 0. The van der Waals surface area contributed by atoms with Gasteiger partial charge in [-0.2, -0.15) is 0 Å². The topological polar surface area (TPSA) is 28.4 Å². The van der Waals surface area contributed by atoms with E-state index in [2.05, 4.69) is 57.1 Å². The van der Waals surface area contributed by atoms with E-state index in [9.17, 15) is 0 Å². The van der Waals surface area contributed by atoms with Gasteiger partial charge >= 0.3 is 0 Å². The number of hydrogen-bond donors (Lipinski definition) is 1. The van der Waals surface area contributed by atoms with Gasteiger partial charge in [-0.1, -0.05) is 39.0 Å². The lowest BCUT2D eigenvalue weighted by Crippen LogP contribution is -2.39. The zero-order chi connectivity index (χ0) is 15.6. The first-order valence-corrected chi connectivity index (χ1v) is 7.68. The van der Waals surface area contributed by atoms with E-state index in [1.807, 2.05) is 19.2 Å². The lowest BCUT2D eigenvalue weighted by atomic mass is 9.87. The largest absolute Gasteiger partial charge is 0.459 e. The molecular formula is C18H28N2O. The first-order valence-electron chi connectivity index (χ1n) is 7.68. The van der Waals surface area contributed by atoms with Crippen molar-refractivity contribution in [3.63, 3.8) is 0 Å². The van der Waals surface area contributed by atoms with Crippen LogP contribution in [-0.4, -0.2) is 25.0 Å². The Kier molecular flexibility index (Phi) is 4.74. The van der Waals surface area contributed by atoms with Crippen molar-refractivity contribution < 1.29 is 4.42 Å². The van der Waals surface area contributed by atoms with Gasteiger partial charge in [-0.25, -0.2) is 0 Å². The molecule has 0 aliphatic carbocycles. The Hall–Kier alpha value is -1.32. The van der Waals surface area contributed by atoms with Crippen LogP contribution < -0.4 is 5.32 Å². The molecule has 1 heterocycles. The summed E-state index contributed by atoms with van der Waals surface area (Å²) in [5, 5.41) is 4.44. The molecule has 0 saturated carbocycles. The van der Waals surface area contributed by atoms with Crippen LogP contribution in [0.3, 0.4) is 0 Å². The van der Waals surface area contributed by atoms with Crippen LogP contribution >= 0.6 is 0 Å². The van der Waals surface area contributed by atoms with Gasteiger partial charge in [0.15, 0.2) is 0 Å². The second-order valence-electron chi connectivity index (χ2n) is 6.99. The Morgan fingerprint density at radius 3 is 2.52 bits per heavy atom. The van der Waals surface area contributed by atoms with E-state index < -0.39 is 0 Å². The lowest BCUT2D eigenvalue weighted by molar-refractivity contribution is 0.134. The number of fused-ring (bicyclic) bond motifs is 1. The predicted octanol–water partition coefficient (Wildman–Crippen LogP) is 4.02. The monoisotopic (exact) mass is 288 g/mol. The highest BCUT2D eigenvalue weighted by Gasteiger charge is 2.25. The SMILES string of the molecule is CNCc1oc2ccccc2c1CN(C)C(C)C(C)(C)C. The van der Waals surface area contributed by atoms with E-state index in [0.29, 0.717) is 6.04 Å². The normalized spacial score (nSPS) is 14.0. The van der Waals surface area contributed by atoms with Crippen molar-refractivity contribution in [2.45, 2.75) is 46.8 Å². The first-order chi connectivity index (χ1) is 9.84. The molecule has 3 nitrogen and oxygen atoms in total. The summed E-state index contributed by atoms with van der Waals surface area (Å²) in [6.45, 7) is 10.8. The van der Waals surface area contributed by atoms with Gasteiger partial charge in [0, 0.05) is 23.5 Å². The summed E-state index contributed by atoms with van der Waals surface area (Å²) in [6.07, 6.45) is 0. The number of para-hydroxylation sites is 1. The maximum atomic E-state index is 6.02. The molecular weight excluding hydrogens is 260 g/mol. The number of benzene rings is 1. The average molecular weight is 288 g/mol. The van der Waals surface area contributed by atoms with Gasteiger partial charge in [-0.05, 0) is 32.5 Å². The Labute approximate surface area is 128 Å². The highest BCUT2D eigenvalue weighted by Crippen LogP contribution is 2.30. The van der Waals surface area contributed by atoms with Gasteiger partial charge in [0.25, 0.3) is 0 Å². The third-order valence-corrected chi connectivity index (χ3v) is 4.44. The molecule has 0 saturated heterocycles. The average Bonchev–Trinajstić information content (AvgIpc) is 2.75. The van der Waals surface area contributed by atoms with Crippen molar-refractivity contribution >= 4 is 11.0 Å². The molecule has 0 radical (unpaired) electrons. The van der Waals surface area contributed by atoms with Gasteiger partial charge in [0.1, 0.15) is 11.3 Å². The molecule has 116 valence electrons. The van der Waals surface area contributed by atoms with Gasteiger partial charge in [0.05, 0.1) is 6.54 Å². The van der Waals surface area contributed by atoms with Crippen LogP contribution in [0.1, 0.15) is 39.0 Å². The van der Waals surface area contributed by atoms with Crippen LogP contribution in [0.25, 0.3) is 11.0 Å². The Bertz CT molecular complexity index is 595. The smallest absolute Gasteiger partial charge is 0.134 e. The quantitative estimate of drug-likeness (QED) is 0.901. The molecule has 21 heavy (non-hydrogen) atoms. The van der Waals surface area contributed by atoms with E-state index in [1.54, 1.807) is 0 Å². The van der Waals surface area contributed by atoms with Crippen molar-refractivity contribution in [1.29, 1.82) is 0 Å². The number of hydrogen-bond acceptors (Lipinski definition) is 3. The van der Waals surface area contributed by atoms with Crippen molar-refractivity contribution in [1.82, 2.24) is 10.2 Å². The Morgan fingerprint density at radius 1 is 1.24 bits per heavy atom. The van der Waals surface area contributed by atoms with Crippen LogP contribution in [0.2, 0.25) is 0 Å². The molecule has 1 unspecified atom stereocenters. The molecule has 0 fully saturated rings. The number of rotatable bonds is 5. The summed E-state index contributed by atoms with van der Waals surface area (Å²) in [4.78, 5) is 2.41. The summed E-state index contributed by atoms with van der Waals surface area (Å²) < 4.78 is 6.02. The third kappa shape index (κ3) is 3.47. The number of furan rings is 1. The van der Waals surface area contributed by atoms with Crippen LogP contribution in [0.5, 0.6) is 0 Å². The summed E-state index contributed by atoms with van der Waals surface area (Å²) in [7, 11) is 4.15. The molecule has 3 heteroatoms. The summed E-state index contributed by atoms with van der Waals surface area (Å²) in [5.41, 5.74) is 2.55. The standard InChI is InChI=1S/C18H28N2O/c1-13(18(2,3)4)20(6)12-15-14-9-7-8-10-16(14)21-17(15)11-19-5/h7-10,13,19H,11-12H2,1-6H3. The number of nitrogens with zero attached hydrogens (tertiary/aromatic N) is 1. The molecule has 1 N–H and O–H groups in total. The fourth-order valence-corrected chi connectivity index (χ4v) is 2.67. The molecule has 0 spiro atoms. The van der Waals surface area contributed by atoms with E-state index >= 15 is 0 Å². The van der Waals surface area contributed by atoms with Crippen LogP contribution in [0, 0.1) is 5.41 Å². The molecule has 0 aliphatic rings. The highest BCUT2D eigenvalue weighted by atomic mass is 16.3. The zero-order valence-corrected chi connectivity index (χ0v) is 14.2. The Morgan fingerprint density at radius 2 is 1.90 bits per heavy atom. The minimum atomic E-state index is 0.261. The van der Waals surface area contributed by atoms with E-state index in [-0.39, 0.29) is 5.41 Å². The molecule has 0 bridgehead atoms. The van der Waals surface area contributed by atoms with E-state index in [4.69, 9.17) is 4.42 Å². The molecule has 2 rings (SSSR count). The third-order valence-electron chi connectivity index (χ3n) is 4.44. The van der Waals surface area contributed by atoms with Crippen LogP contribution in [0.15, 0.2) is 28.7 Å². The van der Waals surface area contributed by atoms with Crippen molar-refractivity contribution in [2.24, 2.45) is 5.41 Å². The maximum absolute atomic E-state index is 6.02. The van der Waals surface area contributed by atoms with Crippen LogP contribution in [-0.2, 0) is 13.1 Å². The second-order valence-corrected chi connectivity index (χ2v) is 6.99. The lowest BCUT2D eigenvalue weighted by Gasteiger charge is -2.35. The fraction of sp³-hybridized carbons (Fsp3) is 0.556. The molecule has 0 amide bonds. The zero-order valence-electron chi connectivity index (χ0n) is 14.2. The van der Waals surface area contributed by atoms with E-state index in [0.717, 1.165) is 24.4 Å². The second kappa shape index (κ2) is 6.20. The fourth-order valence-electron chi connectivity index (χ4n) is 2.67. The van der Waals surface area contributed by atoms with Crippen LogP contribution in [0.4, 0.5) is 0 Å². The molecule has 1 aromatic heterocycles. The molecule has 1 atom stereocenters. The summed E-state index contributed by atoms with van der Waals surface area (Å²) in [6, 6.07) is 8.81. The Balaban J connectivity index is 2.34. The van der Waals surface area contributed by atoms with Gasteiger partial charge in [-0.3, -0.25) is 4.90 Å². The molecule has 1 aromatic carbocycles. The van der Waals surface area contributed by atoms with Gasteiger partial charge in [0.2, 0.25) is 0 Å². The number of nitrogens with one attached hydrogen (secondary N) is 1. The first kappa shape index (κ1) is 16.1. The van der Waals surface area contributed by atoms with Crippen molar-refractivity contribution in [3.05, 3.63) is 35.6 Å². The van der Waals surface area contributed by atoms with Gasteiger partial charge in [-0.15, -0.1) is 0 Å². The minimum absolute atomic E-state index is 0.261. The predicted molar refractivity (Wildman–Crippen MR) is 89.4 cm³/mol. The van der Waals surface area contributed by atoms with Crippen molar-refractivity contribution in [2.75, 3.05) is 14.1 Å². The molecule has 2 aromatic rings. The molecule has 0 aliphatic heterocycles. The van der Waals surface area contributed by atoms with Gasteiger partial charge < -0.3 is 9.73 Å². The maximum Gasteiger partial charge on any atom is 0.134 e. The minimum Gasteiger partial charge on any atom is -0.459 e.